The molecule has 1 rings (SSSR count). The van der Waals surface area contributed by atoms with Crippen molar-refractivity contribution in [3.63, 3.8) is 0 Å². The van der Waals surface area contributed by atoms with E-state index in [1.807, 2.05) is 0 Å². The van der Waals surface area contributed by atoms with E-state index in [0.717, 1.165) is 5.57 Å². The van der Waals surface area contributed by atoms with E-state index in [4.69, 9.17) is 4.89 Å². The fraction of sp³-hybridized carbons (Fsp3) is 0.500. The normalized spacial score (nSPS) is 37.5. The molecule has 1 aliphatic rings. The molecule has 1 N–H and O–H groups in total. The van der Waals surface area contributed by atoms with Gasteiger partial charge >= 0.3 is 7.60 Å². The molecule has 4 heteroatoms. The molecule has 0 aliphatic carbocycles. The highest BCUT2D eigenvalue weighted by Crippen LogP contribution is 2.49. The van der Waals surface area contributed by atoms with Crippen LogP contribution in [0.5, 0.6) is 0 Å². The molecule has 1 unspecified atom stereocenters. The van der Waals surface area contributed by atoms with Gasteiger partial charge in [-0.2, -0.15) is 0 Å². The third-order valence-electron chi connectivity index (χ3n) is 0.861. The lowest BCUT2D eigenvalue weighted by atomic mass is 10.4. The van der Waals surface area contributed by atoms with Gasteiger partial charge < -0.3 is 9.42 Å². The second-order valence-electron chi connectivity index (χ2n) is 1.81. The first-order valence-corrected chi connectivity index (χ1v) is 3.90. The third kappa shape index (κ3) is 1.19. The highest BCUT2D eigenvalue weighted by atomic mass is 31.2. The van der Waals surface area contributed by atoms with Gasteiger partial charge in [0.2, 0.25) is 0 Å². The average molecular weight is 134 g/mol. The van der Waals surface area contributed by atoms with Crippen molar-refractivity contribution in [1.29, 1.82) is 0 Å². The van der Waals surface area contributed by atoms with Crippen molar-refractivity contribution in [3.8, 4) is 0 Å². The molecule has 0 aromatic rings. The first kappa shape index (κ1) is 6.02. The van der Waals surface area contributed by atoms with Crippen LogP contribution in [-0.2, 0) is 9.09 Å². The van der Waals surface area contributed by atoms with Crippen molar-refractivity contribution in [2.45, 2.75) is 6.92 Å². The van der Waals surface area contributed by atoms with Gasteiger partial charge in [-0.25, -0.2) is 0 Å². The predicted octanol–water partition coefficient (Wildman–Crippen LogP) is 1.11. The van der Waals surface area contributed by atoms with Crippen molar-refractivity contribution in [2.75, 3.05) is 6.61 Å². The molecular formula is C4H7O3P. The van der Waals surface area contributed by atoms with Gasteiger partial charge in [0.1, 0.15) is 0 Å². The predicted molar refractivity (Wildman–Crippen MR) is 29.5 cm³/mol. The molecule has 0 radical (unpaired) electrons. The van der Waals surface area contributed by atoms with Crippen molar-refractivity contribution in [1.82, 2.24) is 0 Å². The Labute approximate surface area is 47.5 Å². The van der Waals surface area contributed by atoms with Crippen LogP contribution in [0.1, 0.15) is 6.92 Å². The summed E-state index contributed by atoms with van der Waals surface area (Å²) in [5.74, 6) is 1.27. The standard InChI is InChI=1S/C4H7O3P/c1-4-2-7-8(5,6)3-4/h3H,2H2,1H3,(H,5,6). The second kappa shape index (κ2) is 1.69. The minimum atomic E-state index is -3.26. The summed E-state index contributed by atoms with van der Waals surface area (Å²) < 4.78 is 15.0. The summed E-state index contributed by atoms with van der Waals surface area (Å²) in [6, 6.07) is 0. The molecule has 8 heavy (non-hydrogen) atoms. The van der Waals surface area contributed by atoms with Crippen LogP contribution in [0.2, 0.25) is 0 Å². The molecule has 46 valence electrons. The molecule has 0 amide bonds. The summed E-state index contributed by atoms with van der Waals surface area (Å²) >= 11 is 0. The van der Waals surface area contributed by atoms with Crippen molar-refractivity contribution in [3.05, 3.63) is 11.4 Å². The molecule has 1 aliphatic heterocycles. The van der Waals surface area contributed by atoms with Crippen LogP contribution >= 0.6 is 7.60 Å². The van der Waals surface area contributed by atoms with Gasteiger partial charge in [-0.1, -0.05) is 0 Å². The van der Waals surface area contributed by atoms with Crippen molar-refractivity contribution < 1.29 is 14.0 Å². The van der Waals surface area contributed by atoms with Crippen LogP contribution in [0.3, 0.4) is 0 Å². The van der Waals surface area contributed by atoms with Crippen molar-refractivity contribution >= 4 is 7.60 Å². The zero-order valence-corrected chi connectivity index (χ0v) is 5.39. The molecule has 0 bridgehead atoms. The number of rotatable bonds is 0. The van der Waals surface area contributed by atoms with Gasteiger partial charge in [-0.15, -0.1) is 0 Å². The van der Waals surface area contributed by atoms with E-state index in [2.05, 4.69) is 4.52 Å². The molecular weight excluding hydrogens is 127 g/mol. The lowest BCUT2D eigenvalue weighted by molar-refractivity contribution is 0.303. The van der Waals surface area contributed by atoms with E-state index in [9.17, 15) is 4.57 Å². The van der Waals surface area contributed by atoms with Gasteiger partial charge in [-0.3, -0.25) is 4.57 Å². The van der Waals surface area contributed by atoms with E-state index < -0.39 is 7.60 Å². The average Bonchev–Trinajstić information content (AvgIpc) is 1.82. The highest BCUT2D eigenvalue weighted by Gasteiger charge is 2.21. The maximum Gasteiger partial charge on any atom is 0.351 e. The molecule has 0 aromatic carbocycles. The molecule has 0 saturated heterocycles. The topological polar surface area (TPSA) is 46.5 Å². The SMILES string of the molecule is CC1=CP(=O)(O)OC1. The van der Waals surface area contributed by atoms with Gasteiger partial charge in [0, 0.05) is 5.82 Å². The second-order valence-corrected chi connectivity index (χ2v) is 3.46. The van der Waals surface area contributed by atoms with Crippen LogP contribution in [0.4, 0.5) is 0 Å². The molecule has 0 spiro atoms. The fourth-order valence-electron chi connectivity index (χ4n) is 0.547. The summed E-state index contributed by atoms with van der Waals surface area (Å²) in [6.07, 6.45) is 0. The Morgan fingerprint density at radius 2 is 2.62 bits per heavy atom. The molecule has 1 atom stereocenters. The van der Waals surface area contributed by atoms with Crippen LogP contribution in [0, 0.1) is 0 Å². The zero-order valence-electron chi connectivity index (χ0n) is 4.50. The zero-order chi connectivity index (χ0) is 6.20. The maximum absolute atomic E-state index is 10.5. The Balaban J connectivity index is 2.82. The Kier molecular flexibility index (Phi) is 1.27. The Hall–Kier alpha value is -0.110. The Morgan fingerprint density at radius 3 is 2.75 bits per heavy atom. The van der Waals surface area contributed by atoms with Gasteiger partial charge in [-0.05, 0) is 12.5 Å². The molecule has 3 nitrogen and oxygen atoms in total. The van der Waals surface area contributed by atoms with Crippen LogP contribution in [0.15, 0.2) is 11.4 Å². The lowest BCUT2D eigenvalue weighted by Gasteiger charge is -1.95. The number of hydrogen-bond donors (Lipinski definition) is 1. The van der Waals surface area contributed by atoms with E-state index in [1.165, 1.54) is 5.82 Å². The van der Waals surface area contributed by atoms with E-state index in [-0.39, 0.29) is 0 Å². The number of hydrogen-bond acceptors (Lipinski definition) is 2. The third-order valence-corrected chi connectivity index (χ3v) is 2.13. The first-order valence-electron chi connectivity index (χ1n) is 2.25. The largest absolute Gasteiger partial charge is 0.351 e. The van der Waals surface area contributed by atoms with Crippen molar-refractivity contribution in [2.24, 2.45) is 0 Å². The summed E-state index contributed by atoms with van der Waals surface area (Å²) in [5, 5.41) is 0. The van der Waals surface area contributed by atoms with Gasteiger partial charge in [0.05, 0.1) is 6.61 Å². The molecule has 0 fully saturated rings. The minimum absolute atomic E-state index is 0.299. The summed E-state index contributed by atoms with van der Waals surface area (Å²) in [5.41, 5.74) is 0.829. The van der Waals surface area contributed by atoms with E-state index in [0.29, 0.717) is 6.61 Å². The summed E-state index contributed by atoms with van der Waals surface area (Å²) in [4.78, 5) is 8.62. The summed E-state index contributed by atoms with van der Waals surface area (Å²) in [7, 11) is -3.26. The van der Waals surface area contributed by atoms with Crippen LogP contribution in [0.25, 0.3) is 0 Å². The van der Waals surface area contributed by atoms with E-state index in [1.54, 1.807) is 6.92 Å². The Bertz CT molecular complexity index is 172. The summed E-state index contributed by atoms with van der Waals surface area (Å²) in [6.45, 7) is 2.06. The minimum Gasteiger partial charge on any atom is -0.321 e. The fourth-order valence-corrected chi connectivity index (χ4v) is 1.64. The quantitative estimate of drug-likeness (QED) is 0.504. The van der Waals surface area contributed by atoms with Gasteiger partial charge in [0.25, 0.3) is 0 Å². The Morgan fingerprint density at radius 1 is 2.00 bits per heavy atom. The first-order chi connectivity index (χ1) is 3.60. The monoisotopic (exact) mass is 134 g/mol. The van der Waals surface area contributed by atoms with Crippen LogP contribution in [-0.4, -0.2) is 11.5 Å². The van der Waals surface area contributed by atoms with E-state index >= 15 is 0 Å². The molecule has 0 saturated carbocycles. The highest BCUT2D eigenvalue weighted by molar-refractivity contribution is 7.56. The molecule has 0 aromatic heterocycles. The smallest absolute Gasteiger partial charge is 0.321 e. The lowest BCUT2D eigenvalue weighted by Crippen LogP contribution is -1.79. The van der Waals surface area contributed by atoms with Gasteiger partial charge in [0.15, 0.2) is 0 Å². The van der Waals surface area contributed by atoms with Crippen LogP contribution < -0.4 is 0 Å². The maximum atomic E-state index is 10.5. The molecule has 1 heterocycles.